The van der Waals surface area contributed by atoms with Crippen molar-refractivity contribution in [3.8, 4) is 0 Å². The summed E-state index contributed by atoms with van der Waals surface area (Å²) < 4.78 is 26.2. The number of ether oxygens (including phenoxy) is 2. The van der Waals surface area contributed by atoms with Crippen LogP contribution in [0.4, 0.5) is 0 Å². The second-order valence-corrected chi connectivity index (χ2v) is 14.6. The molecule has 11 heteroatoms. The molecule has 0 fully saturated rings. The molecule has 48 heavy (non-hydrogen) atoms. The van der Waals surface area contributed by atoms with Crippen LogP contribution in [0, 0.1) is 17.8 Å². The van der Waals surface area contributed by atoms with E-state index in [-0.39, 0.29) is 37.1 Å². The van der Waals surface area contributed by atoms with Crippen LogP contribution in [-0.4, -0.2) is 58.0 Å². The summed E-state index contributed by atoms with van der Waals surface area (Å²) in [6.07, 6.45) is 25.2. The van der Waals surface area contributed by atoms with Gasteiger partial charge in [0.1, 0.15) is 6.61 Å². The molecular weight excluding hydrogens is 635 g/mol. The van der Waals surface area contributed by atoms with Gasteiger partial charge in [-0.15, -0.1) is 0 Å². The summed E-state index contributed by atoms with van der Waals surface area (Å²) in [6, 6.07) is 0. The van der Waals surface area contributed by atoms with E-state index < -0.39 is 38.6 Å². The van der Waals surface area contributed by atoms with Gasteiger partial charge in [0.25, 0.3) is 0 Å². The van der Waals surface area contributed by atoms with Crippen molar-refractivity contribution in [2.75, 3.05) is 13.2 Å². The SMILES string of the molecule is CCCCC[C@H](O)/C=C/[C@H]1C(=O)C=C[C@@H]1C/C=C\CCCC(=O)O[C@H](COC(=O)CCCCCCCCCCC(C)C)COP(=O)(O)O. The van der Waals surface area contributed by atoms with Crippen molar-refractivity contribution >= 4 is 25.5 Å². The zero-order valence-electron chi connectivity index (χ0n) is 29.6. The molecule has 0 saturated carbocycles. The lowest BCUT2D eigenvalue weighted by atomic mass is 9.90. The second-order valence-electron chi connectivity index (χ2n) is 13.3. The Balaban J connectivity index is 2.34. The zero-order chi connectivity index (χ0) is 35.6. The largest absolute Gasteiger partial charge is 0.469 e. The monoisotopic (exact) mass is 698 g/mol. The smallest absolute Gasteiger partial charge is 0.462 e. The van der Waals surface area contributed by atoms with Gasteiger partial charge < -0.3 is 24.4 Å². The summed E-state index contributed by atoms with van der Waals surface area (Å²) in [4.78, 5) is 55.1. The minimum atomic E-state index is -4.80. The average molecular weight is 699 g/mol. The Morgan fingerprint density at radius 3 is 2.19 bits per heavy atom. The maximum atomic E-state index is 12.4. The highest BCUT2D eigenvalue weighted by Crippen LogP contribution is 2.36. The third-order valence-electron chi connectivity index (χ3n) is 8.34. The first-order valence-corrected chi connectivity index (χ1v) is 19.7. The number of carbonyl (C=O) groups excluding carboxylic acids is 3. The molecule has 0 saturated heterocycles. The number of aliphatic hydroxyl groups excluding tert-OH is 1. The van der Waals surface area contributed by atoms with Crippen LogP contribution in [0.15, 0.2) is 36.5 Å². The highest BCUT2D eigenvalue weighted by Gasteiger charge is 2.27. The number of allylic oxidation sites excluding steroid dienone is 5. The van der Waals surface area contributed by atoms with Gasteiger partial charge in [0.05, 0.1) is 12.7 Å². The first-order chi connectivity index (χ1) is 22.9. The summed E-state index contributed by atoms with van der Waals surface area (Å²) in [7, 11) is -4.80. The Morgan fingerprint density at radius 1 is 0.875 bits per heavy atom. The number of hydrogen-bond acceptors (Lipinski definition) is 8. The standard InChI is InChI=1S/C37H63O10P/c1-4-5-14-21-32(38)25-26-34-31(24-27-35(34)39)20-16-12-13-18-23-37(41)47-33(29-46-48(42,43)44)28-45-36(40)22-17-11-9-7-6-8-10-15-19-30(2)3/h12,16,24-27,30-34,38H,4-11,13-15,17-23,28-29H2,1-3H3,(H2,42,43,44)/b16-12-,26-25+/t31-,32-,33+,34+/m0/s1. The molecule has 0 aromatic carbocycles. The summed E-state index contributed by atoms with van der Waals surface area (Å²) in [5.74, 6) is -0.518. The number of carbonyl (C=O) groups is 3. The van der Waals surface area contributed by atoms with Crippen LogP contribution in [0.1, 0.15) is 136 Å². The number of aliphatic hydroxyl groups is 1. The topological polar surface area (TPSA) is 157 Å². The van der Waals surface area contributed by atoms with Crippen LogP contribution in [0.3, 0.4) is 0 Å². The molecule has 0 unspecified atom stereocenters. The maximum Gasteiger partial charge on any atom is 0.469 e. The molecule has 0 heterocycles. The van der Waals surface area contributed by atoms with E-state index >= 15 is 0 Å². The number of hydrogen-bond donors (Lipinski definition) is 3. The highest BCUT2D eigenvalue weighted by atomic mass is 31.2. The molecule has 0 spiro atoms. The van der Waals surface area contributed by atoms with Gasteiger partial charge in [-0.05, 0) is 50.0 Å². The van der Waals surface area contributed by atoms with Gasteiger partial charge in [-0.3, -0.25) is 18.9 Å². The van der Waals surface area contributed by atoms with E-state index in [1.165, 1.54) is 32.1 Å². The minimum Gasteiger partial charge on any atom is -0.462 e. The summed E-state index contributed by atoms with van der Waals surface area (Å²) in [6.45, 7) is 5.66. The molecule has 0 amide bonds. The van der Waals surface area contributed by atoms with E-state index in [0.29, 0.717) is 32.1 Å². The van der Waals surface area contributed by atoms with E-state index in [0.717, 1.165) is 44.4 Å². The number of rotatable bonds is 29. The van der Waals surface area contributed by atoms with Crippen molar-refractivity contribution in [3.63, 3.8) is 0 Å². The molecule has 3 N–H and O–H groups in total. The molecule has 0 aliphatic heterocycles. The predicted octanol–water partition coefficient (Wildman–Crippen LogP) is 8.09. The van der Waals surface area contributed by atoms with E-state index in [9.17, 15) is 24.1 Å². The molecule has 0 aromatic heterocycles. The van der Waals surface area contributed by atoms with E-state index in [4.69, 9.17) is 19.3 Å². The number of unbranched alkanes of at least 4 members (excludes halogenated alkanes) is 10. The Morgan fingerprint density at radius 2 is 1.52 bits per heavy atom. The van der Waals surface area contributed by atoms with Gasteiger partial charge in [0.15, 0.2) is 11.9 Å². The molecule has 276 valence electrons. The predicted molar refractivity (Wildman–Crippen MR) is 188 cm³/mol. The van der Waals surface area contributed by atoms with E-state index in [1.807, 2.05) is 24.3 Å². The maximum absolute atomic E-state index is 12.4. The quantitative estimate of drug-likeness (QED) is 0.0302. The molecule has 0 radical (unpaired) electrons. The average Bonchev–Trinajstić information content (AvgIpc) is 3.38. The fourth-order valence-corrected chi connectivity index (χ4v) is 5.85. The Hall–Kier alpha value is -2.10. The summed E-state index contributed by atoms with van der Waals surface area (Å²) >= 11 is 0. The lowest BCUT2D eigenvalue weighted by Crippen LogP contribution is -2.29. The minimum absolute atomic E-state index is 0.0181. The van der Waals surface area contributed by atoms with Gasteiger partial charge in [-0.25, -0.2) is 4.57 Å². The van der Waals surface area contributed by atoms with E-state index in [2.05, 4.69) is 25.3 Å². The lowest BCUT2D eigenvalue weighted by molar-refractivity contribution is -0.161. The zero-order valence-corrected chi connectivity index (χ0v) is 30.5. The summed E-state index contributed by atoms with van der Waals surface area (Å²) in [5.41, 5.74) is 0. The summed E-state index contributed by atoms with van der Waals surface area (Å²) in [5, 5.41) is 10.2. The van der Waals surface area contributed by atoms with Crippen molar-refractivity contribution in [2.45, 2.75) is 149 Å². The molecule has 1 aliphatic carbocycles. The van der Waals surface area contributed by atoms with Crippen LogP contribution in [0.5, 0.6) is 0 Å². The second kappa shape index (κ2) is 26.7. The fourth-order valence-electron chi connectivity index (χ4n) is 5.49. The Labute approximate surface area is 289 Å². The normalized spacial score (nSPS) is 17.9. The fraction of sp³-hybridized carbons (Fsp3) is 0.757. The van der Waals surface area contributed by atoms with Crippen LogP contribution in [-0.2, 0) is 32.9 Å². The number of phosphoric acid groups is 1. The van der Waals surface area contributed by atoms with Crippen molar-refractivity contribution in [1.29, 1.82) is 0 Å². The lowest BCUT2D eigenvalue weighted by Gasteiger charge is -2.18. The molecular formula is C37H63O10P. The molecule has 0 aromatic rings. The molecule has 4 atom stereocenters. The first kappa shape index (κ1) is 43.9. The van der Waals surface area contributed by atoms with Gasteiger partial charge in [0, 0.05) is 18.8 Å². The van der Waals surface area contributed by atoms with Crippen LogP contribution in [0.25, 0.3) is 0 Å². The molecule has 1 aliphatic rings. The van der Waals surface area contributed by atoms with Crippen LogP contribution >= 0.6 is 7.82 Å². The number of esters is 2. The van der Waals surface area contributed by atoms with Crippen molar-refractivity contribution in [2.24, 2.45) is 17.8 Å². The molecule has 10 nitrogen and oxygen atoms in total. The van der Waals surface area contributed by atoms with Gasteiger partial charge >= 0.3 is 19.8 Å². The van der Waals surface area contributed by atoms with E-state index in [1.54, 1.807) is 12.2 Å². The number of phosphoric ester groups is 1. The third kappa shape index (κ3) is 24.1. The number of ketones is 1. The third-order valence-corrected chi connectivity index (χ3v) is 8.82. The van der Waals surface area contributed by atoms with Crippen LogP contribution in [0.2, 0.25) is 0 Å². The highest BCUT2D eigenvalue weighted by molar-refractivity contribution is 7.46. The molecule has 0 bridgehead atoms. The van der Waals surface area contributed by atoms with Crippen LogP contribution < -0.4 is 0 Å². The van der Waals surface area contributed by atoms with Crippen molar-refractivity contribution in [1.82, 2.24) is 0 Å². The van der Waals surface area contributed by atoms with Crippen molar-refractivity contribution < 1.29 is 47.8 Å². The molecule has 1 rings (SSSR count). The van der Waals surface area contributed by atoms with Gasteiger partial charge in [-0.1, -0.05) is 122 Å². The first-order valence-electron chi connectivity index (χ1n) is 18.2. The van der Waals surface area contributed by atoms with Gasteiger partial charge in [-0.2, -0.15) is 0 Å². The van der Waals surface area contributed by atoms with Crippen molar-refractivity contribution in [3.05, 3.63) is 36.5 Å². The Bertz CT molecular complexity index is 1030. The Kier molecular flexibility index (Phi) is 24.5. The van der Waals surface area contributed by atoms with Gasteiger partial charge in [0.2, 0.25) is 0 Å².